The Balaban J connectivity index is 1.80. The van der Waals surface area contributed by atoms with Gasteiger partial charge in [0, 0.05) is 31.2 Å². The number of nitrogens with zero attached hydrogens (tertiary/aromatic N) is 1. The number of rotatable bonds is 7. The zero-order chi connectivity index (χ0) is 20.0. The first-order valence-electron chi connectivity index (χ1n) is 9.04. The molecule has 0 bridgehead atoms. The van der Waals surface area contributed by atoms with Gasteiger partial charge in [-0.05, 0) is 38.5 Å². The van der Waals surface area contributed by atoms with E-state index >= 15 is 0 Å². The predicted molar refractivity (Wildman–Crippen MR) is 95.5 cm³/mol. The van der Waals surface area contributed by atoms with E-state index in [0.717, 1.165) is 25.2 Å². The van der Waals surface area contributed by atoms with Crippen LogP contribution in [0.25, 0.3) is 0 Å². The molecule has 0 spiro atoms. The molecule has 0 saturated carbocycles. The van der Waals surface area contributed by atoms with Gasteiger partial charge in [0.15, 0.2) is 0 Å². The molecule has 8 heteroatoms. The Bertz CT molecular complexity index is 597. The van der Waals surface area contributed by atoms with Crippen LogP contribution in [0.3, 0.4) is 0 Å². The van der Waals surface area contributed by atoms with Crippen LogP contribution in [0.1, 0.15) is 36.7 Å². The summed E-state index contributed by atoms with van der Waals surface area (Å²) in [5, 5.41) is 2.64. The standard InChI is InChI=1S/C19H27F3N2O3/c1-13(11-26-12-19(20,21)22)23-18(25)17-6-4-16(5-7-17)10-24-8-14(2)27-15(3)9-24/h4-7,13-15H,8-12H2,1-3H3,(H,23,25). The van der Waals surface area contributed by atoms with Gasteiger partial charge in [-0.2, -0.15) is 13.2 Å². The molecule has 1 aromatic rings. The van der Waals surface area contributed by atoms with Gasteiger partial charge in [0.1, 0.15) is 6.61 Å². The summed E-state index contributed by atoms with van der Waals surface area (Å²) in [6, 6.07) is 6.72. The number of hydrogen-bond donors (Lipinski definition) is 1. The minimum absolute atomic E-state index is 0.194. The van der Waals surface area contributed by atoms with E-state index in [9.17, 15) is 18.0 Å². The highest BCUT2D eigenvalue weighted by molar-refractivity contribution is 5.94. The molecule has 2 rings (SSSR count). The maximum absolute atomic E-state index is 12.2. The largest absolute Gasteiger partial charge is 0.411 e. The summed E-state index contributed by atoms with van der Waals surface area (Å²) < 4.78 is 46.5. The molecule has 152 valence electrons. The van der Waals surface area contributed by atoms with E-state index in [0.29, 0.717) is 5.56 Å². The second kappa shape index (κ2) is 9.52. The number of carbonyl (C=O) groups excluding carboxylic acids is 1. The van der Waals surface area contributed by atoms with Crippen LogP contribution in [0.5, 0.6) is 0 Å². The SMILES string of the molecule is CC(COCC(F)(F)F)NC(=O)c1ccc(CN2CC(C)OC(C)C2)cc1. The minimum Gasteiger partial charge on any atom is -0.373 e. The second-order valence-electron chi connectivity index (χ2n) is 7.15. The van der Waals surface area contributed by atoms with Gasteiger partial charge < -0.3 is 14.8 Å². The third-order valence-corrected chi connectivity index (χ3v) is 4.13. The number of halogens is 3. The van der Waals surface area contributed by atoms with E-state index in [4.69, 9.17) is 4.74 Å². The lowest BCUT2D eigenvalue weighted by Crippen LogP contribution is -2.44. The molecule has 1 aromatic carbocycles. The molecule has 27 heavy (non-hydrogen) atoms. The number of nitrogens with one attached hydrogen (secondary N) is 1. The van der Waals surface area contributed by atoms with Gasteiger partial charge in [-0.3, -0.25) is 9.69 Å². The van der Waals surface area contributed by atoms with Crippen molar-refractivity contribution in [2.75, 3.05) is 26.3 Å². The summed E-state index contributed by atoms with van der Waals surface area (Å²) in [6.45, 7) is 6.69. The van der Waals surface area contributed by atoms with Crippen LogP contribution in [-0.4, -0.2) is 61.5 Å². The zero-order valence-corrected chi connectivity index (χ0v) is 15.9. The summed E-state index contributed by atoms with van der Waals surface area (Å²) >= 11 is 0. The molecule has 0 aromatic heterocycles. The van der Waals surface area contributed by atoms with Crippen molar-refractivity contribution in [1.82, 2.24) is 10.2 Å². The van der Waals surface area contributed by atoms with Gasteiger partial charge in [0.2, 0.25) is 0 Å². The Morgan fingerprint density at radius 1 is 1.26 bits per heavy atom. The minimum atomic E-state index is -4.37. The average Bonchev–Trinajstić information content (AvgIpc) is 2.53. The van der Waals surface area contributed by atoms with Gasteiger partial charge in [-0.1, -0.05) is 12.1 Å². The number of benzene rings is 1. The number of amides is 1. The van der Waals surface area contributed by atoms with Crippen LogP contribution in [0, 0.1) is 0 Å². The Kier molecular flexibility index (Phi) is 7.64. The van der Waals surface area contributed by atoms with E-state index < -0.39 is 18.8 Å². The third-order valence-electron chi connectivity index (χ3n) is 4.13. The number of morpholine rings is 1. The number of alkyl halides is 3. The van der Waals surface area contributed by atoms with E-state index in [1.807, 2.05) is 12.1 Å². The molecule has 1 saturated heterocycles. The molecule has 3 atom stereocenters. The maximum Gasteiger partial charge on any atom is 0.411 e. The van der Waals surface area contributed by atoms with Crippen molar-refractivity contribution in [3.63, 3.8) is 0 Å². The highest BCUT2D eigenvalue weighted by Crippen LogP contribution is 2.16. The van der Waals surface area contributed by atoms with Crippen LogP contribution in [0.4, 0.5) is 13.2 Å². The topological polar surface area (TPSA) is 50.8 Å². The maximum atomic E-state index is 12.2. The van der Waals surface area contributed by atoms with Crippen molar-refractivity contribution in [2.45, 2.75) is 51.7 Å². The average molecular weight is 388 g/mol. The van der Waals surface area contributed by atoms with Crippen molar-refractivity contribution in [3.8, 4) is 0 Å². The first kappa shape index (κ1) is 21.7. The molecule has 1 N–H and O–H groups in total. The summed E-state index contributed by atoms with van der Waals surface area (Å²) in [5.41, 5.74) is 1.56. The highest BCUT2D eigenvalue weighted by Gasteiger charge is 2.27. The Labute approximate surface area is 157 Å². The lowest BCUT2D eigenvalue weighted by Gasteiger charge is -2.35. The third kappa shape index (κ3) is 7.86. The fourth-order valence-electron chi connectivity index (χ4n) is 3.13. The van der Waals surface area contributed by atoms with Gasteiger partial charge in [0.05, 0.1) is 18.8 Å². The fourth-order valence-corrected chi connectivity index (χ4v) is 3.13. The number of hydrogen-bond acceptors (Lipinski definition) is 4. The summed E-state index contributed by atoms with van der Waals surface area (Å²) in [6.07, 6.45) is -3.98. The quantitative estimate of drug-likeness (QED) is 0.780. The summed E-state index contributed by atoms with van der Waals surface area (Å²) in [4.78, 5) is 14.5. The molecule has 0 radical (unpaired) electrons. The van der Waals surface area contributed by atoms with Gasteiger partial charge >= 0.3 is 6.18 Å². The molecular weight excluding hydrogens is 361 g/mol. The molecule has 5 nitrogen and oxygen atoms in total. The number of ether oxygens (including phenoxy) is 2. The summed E-state index contributed by atoms with van der Waals surface area (Å²) in [5.74, 6) is -0.335. The lowest BCUT2D eigenvalue weighted by atomic mass is 10.1. The van der Waals surface area contributed by atoms with E-state index in [1.165, 1.54) is 0 Å². The van der Waals surface area contributed by atoms with Crippen LogP contribution in [0.15, 0.2) is 24.3 Å². The van der Waals surface area contributed by atoms with Gasteiger partial charge in [-0.15, -0.1) is 0 Å². The fraction of sp³-hybridized carbons (Fsp3) is 0.632. The Hall–Kier alpha value is -1.64. The van der Waals surface area contributed by atoms with Gasteiger partial charge in [0.25, 0.3) is 5.91 Å². The predicted octanol–water partition coefficient (Wildman–Crippen LogP) is 2.99. The van der Waals surface area contributed by atoms with Crippen molar-refractivity contribution >= 4 is 5.91 Å². The lowest BCUT2D eigenvalue weighted by molar-refractivity contribution is -0.174. The molecule has 0 aliphatic carbocycles. The molecular formula is C19H27F3N2O3. The summed E-state index contributed by atoms with van der Waals surface area (Å²) in [7, 11) is 0. The van der Waals surface area contributed by atoms with Crippen molar-refractivity contribution in [1.29, 1.82) is 0 Å². The van der Waals surface area contributed by atoms with E-state index in [1.54, 1.807) is 19.1 Å². The first-order valence-corrected chi connectivity index (χ1v) is 9.04. The molecule has 1 fully saturated rings. The monoisotopic (exact) mass is 388 g/mol. The zero-order valence-electron chi connectivity index (χ0n) is 15.9. The molecule has 1 heterocycles. The number of carbonyl (C=O) groups is 1. The first-order chi connectivity index (χ1) is 12.6. The molecule has 1 amide bonds. The Morgan fingerprint density at radius 3 is 2.41 bits per heavy atom. The van der Waals surface area contributed by atoms with Gasteiger partial charge in [-0.25, -0.2) is 0 Å². The van der Waals surface area contributed by atoms with E-state index in [-0.39, 0.29) is 24.7 Å². The Morgan fingerprint density at radius 2 is 1.85 bits per heavy atom. The molecule has 1 aliphatic heterocycles. The van der Waals surface area contributed by atoms with Crippen LogP contribution < -0.4 is 5.32 Å². The highest BCUT2D eigenvalue weighted by atomic mass is 19.4. The van der Waals surface area contributed by atoms with Crippen molar-refractivity contribution in [3.05, 3.63) is 35.4 Å². The van der Waals surface area contributed by atoms with Crippen molar-refractivity contribution < 1.29 is 27.4 Å². The smallest absolute Gasteiger partial charge is 0.373 e. The molecule has 3 unspecified atom stereocenters. The van der Waals surface area contributed by atoms with E-state index in [2.05, 4.69) is 28.8 Å². The second-order valence-corrected chi connectivity index (χ2v) is 7.15. The molecule has 1 aliphatic rings. The van der Waals surface area contributed by atoms with Crippen LogP contribution in [-0.2, 0) is 16.0 Å². The normalized spacial score (nSPS) is 22.4. The van der Waals surface area contributed by atoms with Crippen LogP contribution >= 0.6 is 0 Å². The van der Waals surface area contributed by atoms with Crippen molar-refractivity contribution in [2.24, 2.45) is 0 Å². The van der Waals surface area contributed by atoms with Crippen LogP contribution in [0.2, 0.25) is 0 Å².